The monoisotopic (exact) mass is 414 g/mol. The van der Waals surface area contributed by atoms with Crippen molar-refractivity contribution in [3.05, 3.63) is 64.2 Å². The quantitative estimate of drug-likeness (QED) is 0.560. The molecule has 0 aliphatic carbocycles. The number of halogens is 2. The van der Waals surface area contributed by atoms with Gasteiger partial charge in [0, 0.05) is 29.7 Å². The molecule has 0 saturated carbocycles. The van der Waals surface area contributed by atoms with E-state index in [1.54, 1.807) is 34.1 Å². The average molecular weight is 415 g/mol. The largest absolute Gasteiger partial charge is 0.305 e. The molecule has 1 atom stereocenters. The number of amides is 1. The SMILES string of the molecule is CC(C)c1cc(-c2cnn3c2C(=O)N(c2ccc(Cl)c(Cl)c2)C[C@@H]3C)ccn1. The maximum Gasteiger partial charge on any atom is 0.277 e. The predicted molar refractivity (Wildman–Crippen MR) is 112 cm³/mol. The van der Waals surface area contributed by atoms with Crippen molar-refractivity contribution in [2.45, 2.75) is 32.7 Å². The topological polar surface area (TPSA) is 51.0 Å². The van der Waals surface area contributed by atoms with Crippen molar-refractivity contribution < 1.29 is 4.79 Å². The molecule has 3 heterocycles. The summed E-state index contributed by atoms with van der Waals surface area (Å²) < 4.78 is 1.81. The van der Waals surface area contributed by atoms with Crippen LogP contribution in [-0.4, -0.2) is 27.2 Å². The number of carbonyl (C=O) groups excluding carboxylic acids is 1. The van der Waals surface area contributed by atoms with Gasteiger partial charge in [-0.25, -0.2) is 0 Å². The van der Waals surface area contributed by atoms with E-state index in [1.165, 1.54) is 0 Å². The Morgan fingerprint density at radius 1 is 1.14 bits per heavy atom. The zero-order valence-electron chi connectivity index (χ0n) is 15.9. The second-order valence-electron chi connectivity index (χ2n) is 7.34. The molecule has 0 fully saturated rings. The van der Waals surface area contributed by atoms with Crippen LogP contribution in [0.4, 0.5) is 5.69 Å². The molecule has 28 heavy (non-hydrogen) atoms. The summed E-state index contributed by atoms with van der Waals surface area (Å²) in [6.45, 7) is 6.75. The van der Waals surface area contributed by atoms with Crippen molar-refractivity contribution in [2.24, 2.45) is 0 Å². The number of fused-ring (bicyclic) bond motifs is 1. The molecule has 1 aliphatic heterocycles. The first-order valence-electron chi connectivity index (χ1n) is 9.17. The number of carbonyl (C=O) groups is 1. The Labute approximate surface area is 173 Å². The zero-order valence-corrected chi connectivity index (χ0v) is 17.4. The molecule has 3 aromatic rings. The van der Waals surface area contributed by atoms with Crippen molar-refractivity contribution >= 4 is 34.8 Å². The van der Waals surface area contributed by atoms with Crippen LogP contribution in [0.25, 0.3) is 11.1 Å². The van der Waals surface area contributed by atoms with Gasteiger partial charge in [-0.2, -0.15) is 5.10 Å². The van der Waals surface area contributed by atoms with Gasteiger partial charge in [-0.1, -0.05) is 37.0 Å². The van der Waals surface area contributed by atoms with Gasteiger partial charge in [0.2, 0.25) is 0 Å². The normalized spacial score (nSPS) is 16.6. The van der Waals surface area contributed by atoms with Gasteiger partial charge >= 0.3 is 0 Å². The van der Waals surface area contributed by atoms with E-state index < -0.39 is 0 Å². The molecule has 1 aliphatic rings. The lowest BCUT2D eigenvalue weighted by atomic mass is 10.0. The van der Waals surface area contributed by atoms with Crippen LogP contribution in [0.15, 0.2) is 42.7 Å². The molecule has 2 aromatic heterocycles. The first-order valence-corrected chi connectivity index (χ1v) is 9.93. The molecule has 0 saturated heterocycles. The molecule has 4 rings (SSSR count). The van der Waals surface area contributed by atoms with Crippen molar-refractivity contribution in [3.63, 3.8) is 0 Å². The van der Waals surface area contributed by atoms with Crippen LogP contribution in [-0.2, 0) is 0 Å². The molecule has 0 unspecified atom stereocenters. The highest BCUT2D eigenvalue weighted by Crippen LogP contribution is 2.35. The molecule has 0 spiro atoms. The minimum Gasteiger partial charge on any atom is -0.305 e. The van der Waals surface area contributed by atoms with Crippen molar-refractivity contribution in [1.29, 1.82) is 0 Å². The summed E-state index contributed by atoms with van der Waals surface area (Å²) in [4.78, 5) is 19.6. The fourth-order valence-electron chi connectivity index (χ4n) is 3.48. The molecule has 0 bridgehead atoms. The highest BCUT2D eigenvalue weighted by Gasteiger charge is 2.34. The summed E-state index contributed by atoms with van der Waals surface area (Å²) in [6.07, 6.45) is 3.55. The van der Waals surface area contributed by atoms with Gasteiger partial charge < -0.3 is 4.90 Å². The Morgan fingerprint density at radius 3 is 2.64 bits per heavy atom. The summed E-state index contributed by atoms with van der Waals surface area (Å²) >= 11 is 12.2. The second-order valence-corrected chi connectivity index (χ2v) is 8.15. The van der Waals surface area contributed by atoms with E-state index in [2.05, 4.69) is 23.9 Å². The number of pyridine rings is 1. The van der Waals surface area contributed by atoms with E-state index in [0.717, 1.165) is 22.5 Å². The Morgan fingerprint density at radius 2 is 1.93 bits per heavy atom. The van der Waals surface area contributed by atoms with Gasteiger partial charge in [-0.05, 0) is 48.7 Å². The van der Waals surface area contributed by atoms with Crippen LogP contribution >= 0.6 is 23.2 Å². The highest BCUT2D eigenvalue weighted by molar-refractivity contribution is 6.42. The van der Waals surface area contributed by atoms with E-state index in [1.807, 2.05) is 25.1 Å². The van der Waals surface area contributed by atoms with Crippen LogP contribution in [0.2, 0.25) is 10.0 Å². The number of hydrogen-bond acceptors (Lipinski definition) is 3. The van der Waals surface area contributed by atoms with E-state index in [9.17, 15) is 4.79 Å². The third-order valence-electron chi connectivity index (χ3n) is 5.01. The summed E-state index contributed by atoms with van der Waals surface area (Å²) in [6, 6.07) is 9.22. The zero-order chi connectivity index (χ0) is 20.0. The fourth-order valence-corrected chi connectivity index (χ4v) is 3.77. The van der Waals surface area contributed by atoms with Crippen molar-refractivity contribution in [2.75, 3.05) is 11.4 Å². The van der Waals surface area contributed by atoms with Gasteiger partial charge in [0.1, 0.15) is 5.69 Å². The number of hydrogen-bond donors (Lipinski definition) is 0. The number of benzene rings is 1. The molecule has 1 aromatic carbocycles. The van der Waals surface area contributed by atoms with E-state index in [4.69, 9.17) is 23.2 Å². The van der Waals surface area contributed by atoms with Crippen LogP contribution in [0.5, 0.6) is 0 Å². The molecule has 5 nitrogen and oxygen atoms in total. The minimum atomic E-state index is -0.105. The third-order valence-corrected chi connectivity index (χ3v) is 5.74. The molecule has 7 heteroatoms. The summed E-state index contributed by atoms with van der Waals surface area (Å²) in [5.41, 5.74) is 4.03. The van der Waals surface area contributed by atoms with Crippen molar-refractivity contribution in [1.82, 2.24) is 14.8 Å². The fraction of sp³-hybridized carbons (Fsp3) is 0.286. The average Bonchev–Trinajstić information content (AvgIpc) is 3.13. The standard InChI is InChI=1S/C21H20Cl2N4O/c1-12(2)19-8-14(6-7-24-19)16-10-25-27-13(3)11-26(21(28)20(16)27)15-4-5-17(22)18(23)9-15/h4-10,12-13H,11H2,1-3H3/t13-/m0/s1. The molecule has 0 N–H and O–H groups in total. The number of nitrogens with zero attached hydrogens (tertiary/aromatic N) is 4. The van der Waals surface area contributed by atoms with Gasteiger partial charge in [0.25, 0.3) is 5.91 Å². The molecular formula is C21H20Cl2N4O. The lowest BCUT2D eigenvalue weighted by Gasteiger charge is -2.32. The van der Waals surface area contributed by atoms with Gasteiger partial charge in [0.15, 0.2) is 0 Å². The van der Waals surface area contributed by atoms with Crippen LogP contribution < -0.4 is 4.90 Å². The Hall–Kier alpha value is -2.37. The Kier molecular flexibility index (Phi) is 4.89. The lowest BCUT2D eigenvalue weighted by Crippen LogP contribution is -2.42. The van der Waals surface area contributed by atoms with Crippen molar-refractivity contribution in [3.8, 4) is 11.1 Å². The first-order chi connectivity index (χ1) is 13.4. The van der Waals surface area contributed by atoms with Gasteiger partial charge in [-0.15, -0.1) is 0 Å². The maximum atomic E-state index is 13.4. The van der Waals surface area contributed by atoms with Crippen LogP contribution in [0.1, 0.15) is 48.9 Å². The maximum absolute atomic E-state index is 13.4. The molecule has 1 amide bonds. The Bertz CT molecular complexity index is 1060. The Balaban J connectivity index is 1.80. The summed E-state index contributed by atoms with van der Waals surface area (Å²) in [7, 11) is 0. The molecule has 144 valence electrons. The minimum absolute atomic E-state index is 0.0299. The first kappa shape index (κ1) is 19.0. The highest BCUT2D eigenvalue weighted by atomic mass is 35.5. The van der Waals surface area contributed by atoms with Crippen LogP contribution in [0, 0.1) is 0 Å². The summed E-state index contributed by atoms with van der Waals surface area (Å²) in [5.74, 6) is 0.195. The van der Waals surface area contributed by atoms with E-state index in [0.29, 0.717) is 28.2 Å². The number of aromatic nitrogens is 3. The van der Waals surface area contributed by atoms with E-state index >= 15 is 0 Å². The number of rotatable bonds is 3. The summed E-state index contributed by atoms with van der Waals surface area (Å²) in [5, 5.41) is 5.39. The smallest absolute Gasteiger partial charge is 0.277 e. The molecular weight excluding hydrogens is 395 g/mol. The van der Waals surface area contributed by atoms with Gasteiger partial charge in [0.05, 0.1) is 22.3 Å². The second kappa shape index (κ2) is 7.22. The number of anilines is 1. The lowest BCUT2D eigenvalue weighted by molar-refractivity contribution is 0.0954. The van der Waals surface area contributed by atoms with Crippen LogP contribution in [0.3, 0.4) is 0 Å². The van der Waals surface area contributed by atoms with Gasteiger partial charge in [-0.3, -0.25) is 14.5 Å². The van der Waals surface area contributed by atoms with E-state index in [-0.39, 0.29) is 11.9 Å². The predicted octanol–water partition coefficient (Wildman–Crippen LogP) is 5.60. The molecule has 0 radical (unpaired) electrons. The third kappa shape index (κ3) is 3.19.